The van der Waals surface area contributed by atoms with Crippen molar-refractivity contribution in [3.8, 4) is 0 Å². The van der Waals surface area contributed by atoms with Crippen molar-refractivity contribution in [2.75, 3.05) is 6.54 Å². The van der Waals surface area contributed by atoms with Gasteiger partial charge >= 0.3 is 0 Å². The molecule has 1 aromatic heterocycles. The first-order valence-electron chi connectivity index (χ1n) is 6.52. The van der Waals surface area contributed by atoms with Gasteiger partial charge in [-0.3, -0.25) is 9.59 Å². The smallest absolute Gasteiger partial charge is 0.248 e. The van der Waals surface area contributed by atoms with Crippen LogP contribution >= 0.6 is 11.3 Å². The fraction of sp³-hybridized carbons (Fsp3) is 0.615. The quantitative estimate of drug-likeness (QED) is 0.905. The molecule has 2 amide bonds. The molecule has 1 aliphatic rings. The summed E-state index contributed by atoms with van der Waals surface area (Å²) in [7, 11) is 0. The van der Waals surface area contributed by atoms with E-state index in [1.165, 1.54) is 4.88 Å². The number of carbonyl (C=O) groups is 2. The number of nitrogens with one attached hydrogen (secondary N) is 1. The molecule has 1 fully saturated rings. The van der Waals surface area contributed by atoms with Crippen LogP contribution in [0.25, 0.3) is 0 Å². The van der Waals surface area contributed by atoms with Crippen LogP contribution in [0.1, 0.15) is 37.1 Å². The van der Waals surface area contributed by atoms with Gasteiger partial charge in [0, 0.05) is 11.1 Å². The van der Waals surface area contributed by atoms with E-state index in [0.717, 1.165) is 11.4 Å². The molecule has 1 atom stereocenters. The van der Waals surface area contributed by atoms with E-state index in [1.807, 2.05) is 13.1 Å². The average molecular weight is 281 g/mol. The van der Waals surface area contributed by atoms with Gasteiger partial charge in [0.15, 0.2) is 0 Å². The van der Waals surface area contributed by atoms with Crippen LogP contribution in [0.5, 0.6) is 0 Å². The second-order valence-corrected chi connectivity index (χ2v) is 6.17. The van der Waals surface area contributed by atoms with E-state index < -0.39 is 5.54 Å². The van der Waals surface area contributed by atoms with Gasteiger partial charge in [-0.15, -0.1) is 11.3 Å². The molecule has 1 aromatic rings. The summed E-state index contributed by atoms with van der Waals surface area (Å²) in [6.45, 7) is 6.30. The average Bonchev–Trinajstić information content (AvgIpc) is 2.83. The molecular weight excluding hydrogens is 262 g/mol. The van der Waals surface area contributed by atoms with Gasteiger partial charge in [0.05, 0.1) is 6.54 Å². The summed E-state index contributed by atoms with van der Waals surface area (Å²) in [6.07, 6.45) is 3.37. The lowest BCUT2D eigenvalue weighted by Crippen LogP contribution is -2.64. The second kappa shape index (κ2) is 5.28. The van der Waals surface area contributed by atoms with E-state index >= 15 is 0 Å². The zero-order valence-electron chi connectivity index (χ0n) is 11.5. The number of aryl methyl sites for hydroxylation is 1. The number of hydrogen-bond donors (Lipinski definition) is 1. The molecule has 1 N–H and O–H groups in total. The van der Waals surface area contributed by atoms with Crippen LogP contribution in [0.3, 0.4) is 0 Å². The first kappa shape index (κ1) is 14.0. The molecule has 1 saturated heterocycles. The highest BCUT2D eigenvalue weighted by atomic mass is 32.1. The van der Waals surface area contributed by atoms with Gasteiger partial charge in [0.25, 0.3) is 0 Å². The Balaban J connectivity index is 2.14. The van der Waals surface area contributed by atoms with Crippen LogP contribution in [-0.2, 0) is 22.6 Å². The summed E-state index contributed by atoms with van der Waals surface area (Å²) in [5.41, 5.74) is -0.778. The summed E-state index contributed by atoms with van der Waals surface area (Å²) < 4.78 is 0. The van der Waals surface area contributed by atoms with Gasteiger partial charge in [0.2, 0.25) is 11.8 Å². The summed E-state index contributed by atoms with van der Waals surface area (Å²) in [5.74, 6) is -0.126. The van der Waals surface area contributed by atoms with Gasteiger partial charge in [-0.1, -0.05) is 13.8 Å². The van der Waals surface area contributed by atoms with Crippen molar-refractivity contribution in [2.45, 2.75) is 45.7 Å². The topological polar surface area (TPSA) is 62.3 Å². The molecule has 2 heterocycles. The van der Waals surface area contributed by atoms with Gasteiger partial charge in [-0.05, 0) is 19.8 Å². The molecule has 5 nitrogen and oxygen atoms in total. The van der Waals surface area contributed by atoms with Crippen molar-refractivity contribution < 1.29 is 9.59 Å². The minimum atomic E-state index is -0.778. The standard InChI is InChI=1S/C13H19N3O2S/c1-4-9-6-14-11(19-9)8-16-7-10(17)15-13(3,5-2)12(16)18/h6H,4-5,7-8H2,1-3H3,(H,15,17). The number of thiazole rings is 1. The van der Waals surface area contributed by atoms with E-state index in [1.54, 1.807) is 23.2 Å². The van der Waals surface area contributed by atoms with Crippen molar-refractivity contribution in [3.05, 3.63) is 16.1 Å². The highest BCUT2D eigenvalue weighted by Gasteiger charge is 2.41. The monoisotopic (exact) mass is 281 g/mol. The van der Waals surface area contributed by atoms with E-state index in [4.69, 9.17) is 0 Å². The van der Waals surface area contributed by atoms with Crippen LogP contribution in [0.2, 0.25) is 0 Å². The number of hydrogen-bond acceptors (Lipinski definition) is 4. The van der Waals surface area contributed by atoms with Gasteiger partial charge in [-0.25, -0.2) is 4.98 Å². The van der Waals surface area contributed by atoms with Crippen molar-refractivity contribution in [3.63, 3.8) is 0 Å². The maximum Gasteiger partial charge on any atom is 0.248 e. The SMILES string of the molecule is CCc1cnc(CN2CC(=O)NC(C)(CC)C2=O)s1. The maximum atomic E-state index is 12.4. The molecule has 104 valence electrons. The van der Waals surface area contributed by atoms with E-state index in [-0.39, 0.29) is 18.4 Å². The zero-order chi connectivity index (χ0) is 14.0. The molecule has 0 radical (unpaired) electrons. The van der Waals surface area contributed by atoms with Crippen LogP contribution in [-0.4, -0.2) is 33.8 Å². The molecule has 0 saturated carbocycles. The Labute approximate surface area is 117 Å². The highest BCUT2D eigenvalue weighted by Crippen LogP contribution is 2.21. The second-order valence-electron chi connectivity index (χ2n) is 4.97. The number of carbonyl (C=O) groups excluding carboxylic acids is 2. The van der Waals surface area contributed by atoms with Crippen LogP contribution in [0.15, 0.2) is 6.20 Å². The molecule has 0 bridgehead atoms. The Morgan fingerprint density at radius 3 is 2.79 bits per heavy atom. The Bertz CT molecular complexity index is 500. The number of piperazine rings is 1. The molecule has 0 aromatic carbocycles. The summed E-state index contributed by atoms with van der Waals surface area (Å²) in [4.78, 5) is 31.2. The fourth-order valence-electron chi connectivity index (χ4n) is 2.11. The largest absolute Gasteiger partial charge is 0.340 e. The van der Waals surface area contributed by atoms with Crippen molar-refractivity contribution in [1.82, 2.24) is 15.2 Å². The molecule has 19 heavy (non-hydrogen) atoms. The Kier molecular flexibility index (Phi) is 3.89. The Hall–Kier alpha value is -1.43. The van der Waals surface area contributed by atoms with Gasteiger partial charge in [0.1, 0.15) is 17.1 Å². The lowest BCUT2D eigenvalue weighted by atomic mass is 9.94. The van der Waals surface area contributed by atoms with Gasteiger partial charge in [-0.2, -0.15) is 0 Å². The summed E-state index contributed by atoms with van der Waals surface area (Å²) in [6, 6.07) is 0. The van der Waals surface area contributed by atoms with Crippen molar-refractivity contribution >= 4 is 23.2 Å². The molecule has 2 rings (SSSR count). The van der Waals surface area contributed by atoms with E-state index in [0.29, 0.717) is 13.0 Å². The number of rotatable bonds is 4. The van der Waals surface area contributed by atoms with Crippen LogP contribution in [0.4, 0.5) is 0 Å². The fourth-order valence-corrected chi connectivity index (χ4v) is 2.99. The lowest BCUT2D eigenvalue weighted by molar-refractivity contribution is -0.149. The first-order valence-corrected chi connectivity index (χ1v) is 7.34. The Morgan fingerprint density at radius 1 is 1.47 bits per heavy atom. The third-order valence-electron chi connectivity index (χ3n) is 3.49. The van der Waals surface area contributed by atoms with E-state index in [2.05, 4.69) is 17.2 Å². The van der Waals surface area contributed by atoms with Gasteiger partial charge < -0.3 is 10.2 Å². The van der Waals surface area contributed by atoms with E-state index in [9.17, 15) is 9.59 Å². The van der Waals surface area contributed by atoms with Crippen LogP contribution in [0, 0.1) is 0 Å². The van der Waals surface area contributed by atoms with Crippen LogP contribution < -0.4 is 5.32 Å². The highest BCUT2D eigenvalue weighted by molar-refractivity contribution is 7.11. The minimum Gasteiger partial charge on any atom is -0.340 e. The third-order valence-corrected chi connectivity index (χ3v) is 4.62. The predicted molar refractivity (Wildman–Crippen MR) is 73.7 cm³/mol. The normalized spacial score (nSPS) is 23.6. The Morgan fingerprint density at radius 2 is 2.21 bits per heavy atom. The minimum absolute atomic E-state index is 0.0251. The predicted octanol–water partition coefficient (Wildman–Crippen LogP) is 1.33. The third kappa shape index (κ3) is 2.78. The molecule has 0 spiro atoms. The summed E-state index contributed by atoms with van der Waals surface area (Å²) in [5, 5.41) is 3.66. The number of aromatic nitrogens is 1. The molecule has 0 aliphatic carbocycles. The molecule has 6 heteroatoms. The number of amides is 2. The summed E-state index contributed by atoms with van der Waals surface area (Å²) >= 11 is 1.60. The first-order chi connectivity index (χ1) is 8.98. The maximum absolute atomic E-state index is 12.4. The number of nitrogens with zero attached hydrogens (tertiary/aromatic N) is 2. The zero-order valence-corrected chi connectivity index (χ0v) is 12.3. The molecule has 1 aliphatic heterocycles. The van der Waals surface area contributed by atoms with Crippen molar-refractivity contribution in [1.29, 1.82) is 0 Å². The molecular formula is C13H19N3O2S. The molecule has 1 unspecified atom stereocenters. The lowest BCUT2D eigenvalue weighted by Gasteiger charge is -2.38. The van der Waals surface area contributed by atoms with Crippen molar-refractivity contribution in [2.24, 2.45) is 0 Å².